The lowest BCUT2D eigenvalue weighted by Crippen LogP contribution is -2.86. The van der Waals surface area contributed by atoms with Gasteiger partial charge in [-0.1, -0.05) is 35.9 Å². The summed E-state index contributed by atoms with van der Waals surface area (Å²) in [4.78, 5) is 12.1. The van der Waals surface area contributed by atoms with Gasteiger partial charge in [0.2, 0.25) is 0 Å². The predicted octanol–water partition coefficient (Wildman–Crippen LogP) is 3.22. The quantitative estimate of drug-likeness (QED) is 0.874. The van der Waals surface area contributed by atoms with Crippen molar-refractivity contribution in [1.82, 2.24) is 0 Å². The molecule has 0 fully saturated rings. The summed E-state index contributed by atoms with van der Waals surface area (Å²) in [6.07, 6.45) is 0. The van der Waals surface area contributed by atoms with E-state index < -0.39 is 0 Å². The SMILES string of the molecule is Cc1cccc(NC(=O)C[NH2+][C@H](C)c2ccc(Cl)cc2)c1C. The van der Waals surface area contributed by atoms with Crippen LogP contribution in [-0.4, -0.2) is 12.5 Å². The Kier molecular flexibility index (Phi) is 5.58. The zero-order chi connectivity index (χ0) is 16.1. The van der Waals surface area contributed by atoms with Gasteiger partial charge in [-0.3, -0.25) is 4.79 Å². The maximum absolute atomic E-state index is 12.1. The van der Waals surface area contributed by atoms with Crippen LogP contribution >= 0.6 is 11.6 Å². The summed E-state index contributed by atoms with van der Waals surface area (Å²) in [7, 11) is 0. The monoisotopic (exact) mass is 317 g/mol. The Morgan fingerprint density at radius 3 is 2.55 bits per heavy atom. The van der Waals surface area contributed by atoms with Gasteiger partial charge in [0.15, 0.2) is 6.54 Å². The van der Waals surface area contributed by atoms with Crippen molar-refractivity contribution in [3.05, 3.63) is 64.2 Å². The highest BCUT2D eigenvalue weighted by Crippen LogP contribution is 2.17. The predicted molar refractivity (Wildman–Crippen MR) is 91.2 cm³/mol. The van der Waals surface area contributed by atoms with Crippen molar-refractivity contribution in [2.24, 2.45) is 0 Å². The number of quaternary nitrogens is 1. The molecule has 0 aliphatic heterocycles. The first-order valence-corrected chi connectivity index (χ1v) is 7.80. The van der Waals surface area contributed by atoms with Crippen LogP contribution in [0.5, 0.6) is 0 Å². The van der Waals surface area contributed by atoms with Crippen LogP contribution in [0.25, 0.3) is 0 Å². The average Bonchev–Trinajstić information content (AvgIpc) is 2.50. The van der Waals surface area contributed by atoms with Crippen molar-refractivity contribution >= 4 is 23.2 Å². The molecule has 3 nitrogen and oxygen atoms in total. The molecule has 0 bridgehead atoms. The fraction of sp³-hybridized carbons (Fsp3) is 0.278. The van der Waals surface area contributed by atoms with Crippen LogP contribution in [0.15, 0.2) is 42.5 Å². The summed E-state index contributed by atoms with van der Waals surface area (Å²) in [5, 5.41) is 5.72. The highest BCUT2D eigenvalue weighted by Gasteiger charge is 2.12. The summed E-state index contributed by atoms with van der Waals surface area (Å²) in [5.41, 5.74) is 4.33. The number of hydrogen-bond donors (Lipinski definition) is 2. The van der Waals surface area contributed by atoms with Crippen LogP contribution in [0, 0.1) is 13.8 Å². The van der Waals surface area contributed by atoms with E-state index >= 15 is 0 Å². The van der Waals surface area contributed by atoms with E-state index in [1.165, 1.54) is 5.56 Å². The molecule has 3 N–H and O–H groups in total. The van der Waals surface area contributed by atoms with Gasteiger partial charge in [-0.25, -0.2) is 0 Å². The molecule has 116 valence electrons. The van der Waals surface area contributed by atoms with Gasteiger partial charge < -0.3 is 10.6 Å². The van der Waals surface area contributed by atoms with Crippen molar-refractivity contribution < 1.29 is 10.1 Å². The maximum Gasteiger partial charge on any atom is 0.279 e. The number of nitrogens with two attached hydrogens (primary N) is 1. The first-order valence-electron chi connectivity index (χ1n) is 7.42. The van der Waals surface area contributed by atoms with Crippen molar-refractivity contribution in [1.29, 1.82) is 0 Å². The lowest BCUT2D eigenvalue weighted by Gasteiger charge is -2.13. The number of hydrogen-bond acceptors (Lipinski definition) is 1. The van der Waals surface area contributed by atoms with Crippen molar-refractivity contribution in [2.45, 2.75) is 26.8 Å². The summed E-state index contributed by atoms with van der Waals surface area (Å²) >= 11 is 5.89. The van der Waals surface area contributed by atoms with Crippen LogP contribution in [0.2, 0.25) is 5.02 Å². The first kappa shape index (κ1) is 16.5. The summed E-state index contributed by atoms with van der Waals surface area (Å²) in [6.45, 7) is 6.52. The van der Waals surface area contributed by atoms with E-state index in [-0.39, 0.29) is 11.9 Å². The van der Waals surface area contributed by atoms with E-state index in [0.717, 1.165) is 21.8 Å². The van der Waals surface area contributed by atoms with Gasteiger partial charge in [-0.2, -0.15) is 0 Å². The van der Waals surface area contributed by atoms with Gasteiger partial charge in [0, 0.05) is 16.3 Å². The second-order valence-corrected chi connectivity index (χ2v) is 6.01. The molecule has 0 aliphatic rings. The van der Waals surface area contributed by atoms with E-state index in [9.17, 15) is 4.79 Å². The number of nitrogens with one attached hydrogen (secondary N) is 1. The number of carbonyl (C=O) groups excluding carboxylic acids is 1. The van der Waals surface area contributed by atoms with Gasteiger partial charge in [-0.05, 0) is 50.1 Å². The molecule has 0 radical (unpaired) electrons. The highest BCUT2D eigenvalue weighted by molar-refractivity contribution is 6.30. The minimum Gasteiger partial charge on any atom is -0.333 e. The third-order valence-corrected chi connectivity index (χ3v) is 4.18. The van der Waals surface area contributed by atoms with E-state index in [4.69, 9.17) is 11.6 Å². The molecule has 0 aliphatic carbocycles. The molecule has 2 aromatic rings. The Balaban J connectivity index is 1.90. The molecule has 0 aromatic heterocycles. The van der Waals surface area contributed by atoms with Crippen LogP contribution in [-0.2, 0) is 4.79 Å². The Bertz CT molecular complexity index is 653. The third-order valence-electron chi connectivity index (χ3n) is 3.93. The van der Waals surface area contributed by atoms with Gasteiger partial charge >= 0.3 is 0 Å². The van der Waals surface area contributed by atoms with E-state index in [2.05, 4.69) is 12.2 Å². The molecule has 0 spiro atoms. The Labute approximate surface area is 136 Å². The number of carbonyl (C=O) groups is 1. The molecule has 22 heavy (non-hydrogen) atoms. The standard InChI is InChI=1S/C18H21ClN2O/c1-12-5-4-6-17(13(12)2)21-18(22)11-20-14(3)15-7-9-16(19)10-8-15/h4-10,14,20H,11H2,1-3H3,(H,21,22)/p+1/t14-/m1/s1. The summed E-state index contributed by atoms with van der Waals surface area (Å²) in [6, 6.07) is 13.9. The Hall–Kier alpha value is -1.84. The van der Waals surface area contributed by atoms with Gasteiger partial charge in [0.25, 0.3) is 5.91 Å². The van der Waals surface area contributed by atoms with E-state index in [1.807, 2.05) is 61.6 Å². The van der Waals surface area contributed by atoms with Gasteiger partial charge in [-0.15, -0.1) is 0 Å². The van der Waals surface area contributed by atoms with Gasteiger partial charge in [0.05, 0.1) is 0 Å². The third kappa shape index (κ3) is 4.33. The highest BCUT2D eigenvalue weighted by atomic mass is 35.5. The van der Waals surface area contributed by atoms with Crippen LogP contribution in [0.3, 0.4) is 0 Å². The minimum atomic E-state index is 0.00881. The molecule has 1 amide bonds. The largest absolute Gasteiger partial charge is 0.333 e. The van der Waals surface area contributed by atoms with Crippen LogP contribution < -0.4 is 10.6 Å². The lowest BCUT2D eigenvalue weighted by molar-refractivity contribution is -0.682. The molecule has 0 unspecified atom stereocenters. The molecule has 1 atom stereocenters. The number of aryl methyl sites for hydroxylation is 1. The molecule has 4 heteroatoms. The average molecular weight is 318 g/mol. The number of amides is 1. The molecule has 2 rings (SSSR count). The Morgan fingerprint density at radius 2 is 1.86 bits per heavy atom. The molecular weight excluding hydrogens is 296 g/mol. The van der Waals surface area contributed by atoms with Crippen LogP contribution in [0.1, 0.15) is 29.7 Å². The number of anilines is 1. The smallest absolute Gasteiger partial charge is 0.279 e. The Morgan fingerprint density at radius 1 is 1.18 bits per heavy atom. The maximum atomic E-state index is 12.1. The molecule has 2 aromatic carbocycles. The molecule has 0 saturated heterocycles. The number of benzene rings is 2. The molecular formula is C18H22ClN2O+. The fourth-order valence-corrected chi connectivity index (χ4v) is 2.40. The summed E-state index contributed by atoms with van der Waals surface area (Å²) < 4.78 is 0. The molecule has 0 saturated carbocycles. The van der Waals surface area contributed by atoms with E-state index in [1.54, 1.807) is 0 Å². The van der Waals surface area contributed by atoms with E-state index in [0.29, 0.717) is 6.54 Å². The number of rotatable bonds is 5. The minimum absolute atomic E-state index is 0.00881. The van der Waals surface area contributed by atoms with Crippen molar-refractivity contribution in [3.8, 4) is 0 Å². The topological polar surface area (TPSA) is 45.7 Å². The zero-order valence-corrected chi connectivity index (χ0v) is 13.9. The normalized spacial score (nSPS) is 12.0. The van der Waals surface area contributed by atoms with Gasteiger partial charge in [0.1, 0.15) is 6.04 Å². The fourth-order valence-electron chi connectivity index (χ4n) is 2.27. The second kappa shape index (κ2) is 7.43. The second-order valence-electron chi connectivity index (χ2n) is 5.58. The van der Waals surface area contributed by atoms with Crippen molar-refractivity contribution in [2.75, 3.05) is 11.9 Å². The summed E-state index contributed by atoms with van der Waals surface area (Å²) in [5.74, 6) is 0.00881. The first-order chi connectivity index (χ1) is 10.5. The lowest BCUT2D eigenvalue weighted by atomic mass is 10.1. The number of halogens is 1. The van der Waals surface area contributed by atoms with Crippen LogP contribution in [0.4, 0.5) is 5.69 Å². The van der Waals surface area contributed by atoms with Crippen molar-refractivity contribution in [3.63, 3.8) is 0 Å². The zero-order valence-electron chi connectivity index (χ0n) is 13.2. The molecule has 0 heterocycles.